The van der Waals surface area contributed by atoms with Crippen LogP contribution in [0.2, 0.25) is 0 Å². The molecule has 128 valence electrons. The largest absolute Gasteiger partial charge is 0.383 e. The average Bonchev–Trinajstić information content (AvgIpc) is 3.01. The van der Waals surface area contributed by atoms with Crippen molar-refractivity contribution in [3.8, 4) is 0 Å². The Balaban J connectivity index is 1.50. The molecule has 2 aromatic heterocycles. The molecule has 0 atom stereocenters. The summed E-state index contributed by atoms with van der Waals surface area (Å²) >= 11 is 1.63. The normalized spacial score (nSPS) is 17.0. The third-order valence-corrected chi connectivity index (χ3v) is 5.71. The molecule has 0 unspecified atom stereocenters. The van der Waals surface area contributed by atoms with E-state index in [0.29, 0.717) is 37.2 Å². The molecule has 1 aliphatic rings. The molecule has 3 heterocycles. The molecule has 0 spiro atoms. The molecule has 1 N–H and O–H groups in total. The van der Waals surface area contributed by atoms with Gasteiger partial charge in [0, 0.05) is 24.8 Å². The summed E-state index contributed by atoms with van der Waals surface area (Å²) in [5, 5.41) is 11.8. The number of piperidine rings is 1. The molecule has 1 aliphatic heterocycles. The highest BCUT2D eigenvalue weighted by Crippen LogP contribution is 2.32. The number of nitrogens with zero attached hydrogens (tertiary/aromatic N) is 3. The molecule has 0 saturated carbocycles. The Kier molecular flexibility index (Phi) is 4.01. The lowest BCUT2D eigenvalue weighted by atomic mass is 9.87. The summed E-state index contributed by atoms with van der Waals surface area (Å²) in [7, 11) is 0. The third kappa shape index (κ3) is 3.03. The number of carbonyl (C=O) groups excluding carboxylic acids is 1. The third-order valence-electron chi connectivity index (χ3n) is 4.76. The number of fused-ring (bicyclic) bond motifs is 1. The van der Waals surface area contributed by atoms with Crippen LogP contribution in [-0.2, 0) is 5.60 Å². The van der Waals surface area contributed by atoms with Crippen LogP contribution in [0.1, 0.15) is 33.9 Å². The number of likely N-dealkylation sites (tertiary alicyclic amines) is 1. The average molecular weight is 353 g/mol. The Labute approximate surface area is 150 Å². The topological polar surface area (TPSA) is 66.3 Å². The number of benzene rings is 1. The molecule has 1 fully saturated rings. The number of thiazole rings is 1. The molecule has 3 aromatic rings. The first kappa shape index (κ1) is 16.2. The highest BCUT2D eigenvalue weighted by molar-refractivity contribution is 7.18. The molecule has 1 amide bonds. The van der Waals surface area contributed by atoms with Crippen molar-refractivity contribution >= 4 is 27.5 Å². The number of rotatable bonds is 2. The van der Waals surface area contributed by atoms with E-state index in [1.165, 1.54) is 0 Å². The Morgan fingerprint density at radius 1 is 1.24 bits per heavy atom. The first-order valence-electron chi connectivity index (χ1n) is 8.35. The fraction of sp³-hybridized carbons (Fsp3) is 0.316. The van der Waals surface area contributed by atoms with Crippen LogP contribution in [-0.4, -0.2) is 39.0 Å². The van der Waals surface area contributed by atoms with E-state index in [4.69, 9.17) is 0 Å². The van der Waals surface area contributed by atoms with Crippen molar-refractivity contribution in [2.24, 2.45) is 0 Å². The minimum atomic E-state index is -0.950. The summed E-state index contributed by atoms with van der Waals surface area (Å²) in [5.41, 5.74) is 1.26. The van der Waals surface area contributed by atoms with E-state index in [2.05, 4.69) is 9.97 Å². The summed E-state index contributed by atoms with van der Waals surface area (Å²) in [6.45, 7) is 3.00. The summed E-state index contributed by atoms with van der Waals surface area (Å²) < 4.78 is 1.09. The van der Waals surface area contributed by atoms with Crippen LogP contribution in [0.15, 0.2) is 42.6 Å². The quantitative estimate of drug-likeness (QED) is 0.769. The molecule has 4 rings (SSSR count). The number of aromatic nitrogens is 2. The maximum Gasteiger partial charge on any atom is 0.253 e. The van der Waals surface area contributed by atoms with Crippen molar-refractivity contribution in [2.45, 2.75) is 25.4 Å². The number of aliphatic hydroxyl groups is 1. The smallest absolute Gasteiger partial charge is 0.253 e. The molecule has 6 heteroatoms. The second kappa shape index (κ2) is 6.20. The minimum absolute atomic E-state index is 0.00405. The van der Waals surface area contributed by atoms with Crippen molar-refractivity contribution in [1.29, 1.82) is 0 Å². The van der Waals surface area contributed by atoms with Gasteiger partial charge in [-0.15, -0.1) is 11.3 Å². The van der Waals surface area contributed by atoms with E-state index in [0.717, 1.165) is 15.2 Å². The first-order chi connectivity index (χ1) is 12.0. The van der Waals surface area contributed by atoms with Gasteiger partial charge in [-0.05, 0) is 50.1 Å². The van der Waals surface area contributed by atoms with E-state index in [9.17, 15) is 9.90 Å². The Bertz CT molecular complexity index is 915. The predicted molar refractivity (Wildman–Crippen MR) is 97.6 cm³/mol. The Morgan fingerprint density at radius 3 is 2.76 bits per heavy atom. The van der Waals surface area contributed by atoms with Crippen molar-refractivity contribution in [1.82, 2.24) is 14.9 Å². The van der Waals surface area contributed by atoms with E-state index in [-0.39, 0.29) is 5.91 Å². The van der Waals surface area contributed by atoms with Crippen molar-refractivity contribution in [3.63, 3.8) is 0 Å². The van der Waals surface area contributed by atoms with Crippen molar-refractivity contribution < 1.29 is 9.90 Å². The Morgan fingerprint density at radius 2 is 2.04 bits per heavy atom. The van der Waals surface area contributed by atoms with Gasteiger partial charge in [0.1, 0.15) is 5.60 Å². The zero-order valence-electron chi connectivity index (χ0n) is 14.0. The summed E-state index contributed by atoms with van der Waals surface area (Å²) in [6, 6.07) is 11.2. The van der Waals surface area contributed by atoms with Crippen LogP contribution < -0.4 is 0 Å². The molecule has 1 aromatic carbocycles. The molecule has 0 aliphatic carbocycles. The van der Waals surface area contributed by atoms with E-state index in [1.54, 1.807) is 22.4 Å². The van der Waals surface area contributed by atoms with Gasteiger partial charge in [-0.1, -0.05) is 6.07 Å². The van der Waals surface area contributed by atoms with E-state index >= 15 is 0 Å². The molecule has 5 nitrogen and oxygen atoms in total. The monoisotopic (exact) mass is 353 g/mol. The van der Waals surface area contributed by atoms with Gasteiger partial charge in [0.2, 0.25) is 0 Å². The van der Waals surface area contributed by atoms with Gasteiger partial charge in [-0.2, -0.15) is 0 Å². The van der Waals surface area contributed by atoms with E-state index < -0.39 is 5.60 Å². The zero-order chi connectivity index (χ0) is 17.4. The number of hydrogen-bond acceptors (Lipinski definition) is 5. The second-order valence-corrected chi connectivity index (χ2v) is 7.69. The van der Waals surface area contributed by atoms with Gasteiger partial charge in [0.15, 0.2) is 0 Å². The van der Waals surface area contributed by atoms with Gasteiger partial charge in [-0.25, -0.2) is 4.98 Å². The SMILES string of the molecule is Cc1nc2cc(C(=O)N3CCC(O)(c4ccccn4)CC3)ccc2s1. The predicted octanol–water partition coefficient (Wildman–Crippen LogP) is 3.12. The van der Waals surface area contributed by atoms with Crippen molar-refractivity contribution in [3.05, 3.63) is 58.9 Å². The highest BCUT2D eigenvalue weighted by Gasteiger charge is 2.36. The zero-order valence-corrected chi connectivity index (χ0v) is 14.8. The second-order valence-electron chi connectivity index (χ2n) is 6.45. The lowest BCUT2D eigenvalue weighted by molar-refractivity contribution is -0.0244. The van der Waals surface area contributed by atoms with Gasteiger partial charge in [0.25, 0.3) is 5.91 Å². The first-order valence-corrected chi connectivity index (χ1v) is 9.17. The van der Waals surface area contributed by atoms with Crippen molar-refractivity contribution in [2.75, 3.05) is 13.1 Å². The number of hydrogen-bond donors (Lipinski definition) is 1. The Hall–Kier alpha value is -2.31. The van der Waals surface area contributed by atoms with Gasteiger partial charge in [0.05, 0.1) is 20.9 Å². The van der Waals surface area contributed by atoms with Gasteiger partial charge < -0.3 is 10.0 Å². The summed E-state index contributed by atoms with van der Waals surface area (Å²) in [6.07, 6.45) is 2.68. The van der Waals surface area contributed by atoms with Crippen LogP contribution in [0, 0.1) is 6.92 Å². The standard InChI is InChI=1S/C19H19N3O2S/c1-13-21-15-12-14(5-6-16(15)25-13)18(23)22-10-7-19(24,8-11-22)17-4-2-3-9-20-17/h2-6,9,12,24H,7-8,10-11H2,1H3. The lowest BCUT2D eigenvalue weighted by Gasteiger charge is -2.37. The molecule has 0 bridgehead atoms. The fourth-order valence-corrected chi connectivity index (χ4v) is 4.14. The number of pyridine rings is 1. The molecule has 25 heavy (non-hydrogen) atoms. The van der Waals surface area contributed by atoms with Crippen LogP contribution in [0.25, 0.3) is 10.2 Å². The van der Waals surface area contributed by atoms with Gasteiger partial charge in [-0.3, -0.25) is 9.78 Å². The molecular weight excluding hydrogens is 334 g/mol. The summed E-state index contributed by atoms with van der Waals surface area (Å²) in [5.74, 6) is -0.00405. The number of amides is 1. The minimum Gasteiger partial charge on any atom is -0.383 e. The lowest BCUT2D eigenvalue weighted by Crippen LogP contribution is -2.45. The highest BCUT2D eigenvalue weighted by atomic mass is 32.1. The van der Waals surface area contributed by atoms with Gasteiger partial charge >= 0.3 is 0 Å². The number of aryl methyl sites for hydroxylation is 1. The molecular formula is C19H19N3O2S. The van der Waals surface area contributed by atoms with Crippen LogP contribution in [0.4, 0.5) is 0 Å². The van der Waals surface area contributed by atoms with E-state index in [1.807, 2.05) is 43.3 Å². The van der Waals surface area contributed by atoms with Crippen LogP contribution in [0.5, 0.6) is 0 Å². The molecule has 1 saturated heterocycles. The summed E-state index contributed by atoms with van der Waals surface area (Å²) in [4.78, 5) is 23.3. The number of carbonyl (C=O) groups is 1. The fourth-order valence-electron chi connectivity index (χ4n) is 3.33. The van der Waals surface area contributed by atoms with Crippen LogP contribution >= 0.6 is 11.3 Å². The maximum atomic E-state index is 12.8. The molecule has 0 radical (unpaired) electrons. The maximum absolute atomic E-state index is 12.8. The van der Waals surface area contributed by atoms with Crippen LogP contribution in [0.3, 0.4) is 0 Å².